The summed E-state index contributed by atoms with van der Waals surface area (Å²) < 4.78 is 4.77. The summed E-state index contributed by atoms with van der Waals surface area (Å²) in [5.41, 5.74) is 0.736. The quantitative estimate of drug-likeness (QED) is 0.475. The van der Waals surface area contributed by atoms with Crippen LogP contribution >= 0.6 is 24.2 Å². The molecule has 0 amide bonds. The highest BCUT2D eigenvalue weighted by Crippen LogP contribution is 2.23. The number of hydrogen-bond donors (Lipinski definition) is 2. The van der Waals surface area contributed by atoms with E-state index in [0.29, 0.717) is 11.6 Å². The number of carbonyl (C=O) groups excluding carboxylic acids is 1. The van der Waals surface area contributed by atoms with Crippen LogP contribution in [0.4, 0.5) is 0 Å². The van der Waals surface area contributed by atoms with Gasteiger partial charge < -0.3 is 10.1 Å². The number of thiol groups is 1. The molecule has 0 heterocycles. The van der Waals surface area contributed by atoms with E-state index in [1.807, 2.05) is 18.2 Å². The minimum Gasteiger partial charge on any atom is -0.468 e. The average molecular weight is 274 g/mol. The zero-order valence-electron chi connectivity index (χ0n) is 9.65. The van der Waals surface area contributed by atoms with Crippen molar-refractivity contribution in [3.8, 4) is 0 Å². The largest absolute Gasteiger partial charge is 0.468 e. The van der Waals surface area contributed by atoms with Crippen molar-refractivity contribution in [2.24, 2.45) is 0 Å². The number of esters is 1. The minimum atomic E-state index is -0.520. The lowest BCUT2D eigenvalue weighted by Crippen LogP contribution is -2.30. The van der Waals surface area contributed by atoms with Gasteiger partial charge in [0.15, 0.2) is 0 Å². The van der Waals surface area contributed by atoms with Gasteiger partial charge in [-0.15, -0.1) is 0 Å². The SMILES string of the molecule is COC(=O)[C@@H](NCCCS)c1ccccc1Cl. The molecule has 0 saturated heterocycles. The molecule has 1 N–H and O–H groups in total. The molecule has 0 aliphatic carbocycles. The molecule has 1 aromatic rings. The number of halogens is 1. The van der Waals surface area contributed by atoms with E-state index < -0.39 is 6.04 Å². The molecule has 0 aliphatic rings. The first-order valence-electron chi connectivity index (χ1n) is 5.37. The molecular weight excluding hydrogens is 258 g/mol. The van der Waals surface area contributed by atoms with E-state index in [1.165, 1.54) is 7.11 Å². The molecule has 0 radical (unpaired) electrons. The van der Waals surface area contributed by atoms with Gasteiger partial charge in [-0.2, -0.15) is 12.6 Å². The molecule has 17 heavy (non-hydrogen) atoms. The van der Waals surface area contributed by atoms with E-state index in [-0.39, 0.29) is 5.97 Å². The van der Waals surface area contributed by atoms with E-state index in [1.54, 1.807) is 6.07 Å². The second-order valence-electron chi connectivity index (χ2n) is 3.51. The van der Waals surface area contributed by atoms with E-state index in [0.717, 1.165) is 17.7 Å². The fourth-order valence-electron chi connectivity index (χ4n) is 1.47. The molecule has 0 spiro atoms. The number of benzene rings is 1. The van der Waals surface area contributed by atoms with Gasteiger partial charge in [0.05, 0.1) is 7.11 Å². The third-order valence-electron chi connectivity index (χ3n) is 2.34. The normalized spacial score (nSPS) is 12.2. The van der Waals surface area contributed by atoms with E-state index >= 15 is 0 Å². The Balaban J connectivity index is 2.82. The van der Waals surface area contributed by atoms with Crippen LogP contribution in [-0.2, 0) is 9.53 Å². The number of ether oxygens (including phenoxy) is 1. The second-order valence-corrected chi connectivity index (χ2v) is 4.36. The second kappa shape index (κ2) is 7.58. The molecule has 1 aromatic carbocycles. The summed E-state index contributed by atoms with van der Waals surface area (Å²) in [5.74, 6) is 0.431. The molecule has 1 atom stereocenters. The number of rotatable bonds is 6. The van der Waals surface area contributed by atoms with Crippen molar-refractivity contribution in [3.05, 3.63) is 34.9 Å². The number of carbonyl (C=O) groups is 1. The Morgan fingerprint density at radius 3 is 2.82 bits per heavy atom. The molecule has 0 fully saturated rings. The first kappa shape index (κ1) is 14.4. The summed E-state index contributed by atoms with van der Waals surface area (Å²) >= 11 is 10.2. The van der Waals surface area contributed by atoms with Gasteiger partial charge in [0, 0.05) is 5.02 Å². The molecule has 0 unspecified atom stereocenters. The van der Waals surface area contributed by atoms with Gasteiger partial charge in [-0.1, -0.05) is 29.8 Å². The van der Waals surface area contributed by atoms with Crippen LogP contribution in [-0.4, -0.2) is 25.4 Å². The van der Waals surface area contributed by atoms with E-state index in [4.69, 9.17) is 16.3 Å². The lowest BCUT2D eigenvalue weighted by Gasteiger charge is -2.17. The summed E-state index contributed by atoms with van der Waals surface area (Å²) in [6, 6.07) is 6.73. The summed E-state index contributed by atoms with van der Waals surface area (Å²) in [7, 11) is 1.37. The molecule has 5 heteroatoms. The third kappa shape index (κ3) is 4.22. The fraction of sp³-hybridized carbons (Fsp3) is 0.417. The molecule has 0 saturated carbocycles. The summed E-state index contributed by atoms with van der Waals surface area (Å²) in [6.07, 6.45) is 0.876. The number of hydrogen-bond acceptors (Lipinski definition) is 4. The number of nitrogens with one attached hydrogen (secondary N) is 1. The zero-order valence-corrected chi connectivity index (χ0v) is 11.3. The summed E-state index contributed by atoms with van der Waals surface area (Å²) in [5, 5.41) is 3.68. The predicted octanol–water partition coefficient (Wildman–Crippen LogP) is 2.46. The summed E-state index contributed by atoms with van der Waals surface area (Å²) in [4.78, 5) is 11.7. The predicted molar refractivity (Wildman–Crippen MR) is 72.7 cm³/mol. The Bertz CT molecular complexity index is 373. The molecule has 0 bridgehead atoms. The number of methoxy groups -OCH3 is 1. The van der Waals surface area contributed by atoms with Gasteiger partial charge in [-0.25, -0.2) is 4.79 Å². The van der Waals surface area contributed by atoms with Crippen molar-refractivity contribution in [1.82, 2.24) is 5.32 Å². The first-order chi connectivity index (χ1) is 8.20. The van der Waals surface area contributed by atoms with Crippen LogP contribution in [0.25, 0.3) is 0 Å². The Morgan fingerprint density at radius 2 is 2.24 bits per heavy atom. The van der Waals surface area contributed by atoms with Crippen LogP contribution in [0.3, 0.4) is 0 Å². The van der Waals surface area contributed by atoms with Gasteiger partial charge in [0.2, 0.25) is 0 Å². The standard InChI is InChI=1S/C12H16ClNO2S/c1-16-12(15)11(14-7-4-8-17)9-5-2-3-6-10(9)13/h2-3,5-6,11,14,17H,4,7-8H2,1H3/t11-/m0/s1. The lowest BCUT2D eigenvalue weighted by molar-refractivity contribution is -0.143. The van der Waals surface area contributed by atoms with Crippen molar-refractivity contribution in [2.45, 2.75) is 12.5 Å². The van der Waals surface area contributed by atoms with Crippen LogP contribution in [0, 0.1) is 0 Å². The Labute approximate surface area is 112 Å². The van der Waals surface area contributed by atoms with Crippen LogP contribution in [0.15, 0.2) is 24.3 Å². The highest BCUT2D eigenvalue weighted by Gasteiger charge is 2.22. The molecule has 0 aromatic heterocycles. The maximum atomic E-state index is 11.7. The first-order valence-corrected chi connectivity index (χ1v) is 6.38. The summed E-state index contributed by atoms with van der Waals surface area (Å²) in [6.45, 7) is 0.689. The molecule has 1 rings (SSSR count). The van der Waals surface area contributed by atoms with Crippen LogP contribution in [0.2, 0.25) is 5.02 Å². The average Bonchev–Trinajstić information content (AvgIpc) is 2.35. The van der Waals surface area contributed by atoms with Crippen molar-refractivity contribution < 1.29 is 9.53 Å². The maximum Gasteiger partial charge on any atom is 0.327 e. The maximum absolute atomic E-state index is 11.7. The molecular formula is C12H16ClNO2S. The van der Waals surface area contributed by atoms with E-state index in [2.05, 4.69) is 17.9 Å². The van der Waals surface area contributed by atoms with Crippen molar-refractivity contribution in [1.29, 1.82) is 0 Å². The van der Waals surface area contributed by atoms with Crippen LogP contribution < -0.4 is 5.32 Å². The molecule has 94 valence electrons. The van der Waals surface area contributed by atoms with Gasteiger partial charge in [0.25, 0.3) is 0 Å². The third-order valence-corrected chi connectivity index (χ3v) is 3.00. The fourth-order valence-corrected chi connectivity index (χ4v) is 1.88. The van der Waals surface area contributed by atoms with Gasteiger partial charge in [0.1, 0.15) is 6.04 Å². The van der Waals surface area contributed by atoms with E-state index in [9.17, 15) is 4.79 Å². The smallest absolute Gasteiger partial charge is 0.327 e. The Morgan fingerprint density at radius 1 is 1.53 bits per heavy atom. The highest BCUT2D eigenvalue weighted by atomic mass is 35.5. The van der Waals surface area contributed by atoms with Gasteiger partial charge in [-0.3, -0.25) is 0 Å². The Kier molecular flexibility index (Phi) is 6.40. The van der Waals surface area contributed by atoms with Gasteiger partial charge in [-0.05, 0) is 30.3 Å². The van der Waals surface area contributed by atoms with Crippen LogP contribution in [0.5, 0.6) is 0 Å². The topological polar surface area (TPSA) is 38.3 Å². The highest BCUT2D eigenvalue weighted by molar-refractivity contribution is 7.80. The van der Waals surface area contributed by atoms with Crippen molar-refractivity contribution in [3.63, 3.8) is 0 Å². The van der Waals surface area contributed by atoms with Crippen molar-refractivity contribution in [2.75, 3.05) is 19.4 Å². The monoisotopic (exact) mass is 273 g/mol. The molecule has 0 aliphatic heterocycles. The Hall–Kier alpha value is -0.710. The zero-order chi connectivity index (χ0) is 12.7. The van der Waals surface area contributed by atoms with Gasteiger partial charge >= 0.3 is 5.97 Å². The minimum absolute atomic E-state index is 0.336. The van der Waals surface area contributed by atoms with Crippen molar-refractivity contribution >= 4 is 30.2 Å². The lowest BCUT2D eigenvalue weighted by atomic mass is 10.1. The van der Waals surface area contributed by atoms with Crippen LogP contribution in [0.1, 0.15) is 18.0 Å². The molecule has 3 nitrogen and oxygen atoms in total.